The fourth-order valence-corrected chi connectivity index (χ4v) is 3.24. The maximum Gasteiger partial charge on any atom is 0.316 e. The lowest BCUT2D eigenvalue weighted by Gasteiger charge is -2.09. The normalized spacial score (nSPS) is 11.0. The zero-order valence-corrected chi connectivity index (χ0v) is 13.8. The largest absolute Gasteiger partial charge is 0.351 e. The number of hydrogen-bond acceptors (Lipinski definition) is 3. The minimum Gasteiger partial charge on any atom is -0.351 e. The first kappa shape index (κ1) is 16.3. The zero-order valence-electron chi connectivity index (χ0n) is 11.4. The molecule has 0 radical (unpaired) electrons. The first-order chi connectivity index (χ1) is 10.3. The number of rotatable bonds is 5. The Hall–Kier alpha value is -2.06. The summed E-state index contributed by atoms with van der Waals surface area (Å²) >= 11 is 3.30. The molecule has 0 unspecified atom stereocenters. The van der Waals surface area contributed by atoms with E-state index in [1.807, 2.05) is 0 Å². The van der Waals surface area contributed by atoms with Gasteiger partial charge in [-0.3, -0.25) is 4.72 Å². The summed E-state index contributed by atoms with van der Waals surface area (Å²) < 4.78 is 27.6. The van der Waals surface area contributed by atoms with Crippen LogP contribution in [0.4, 0.5) is 16.2 Å². The second-order valence-electron chi connectivity index (χ2n) is 4.55. The highest BCUT2D eigenvalue weighted by Crippen LogP contribution is 2.17. The molecule has 116 valence electrons. The Morgan fingerprint density at radius 3 is 2.09 bits per heavy atom. The number of carbonyl (C=O) groups is 1. The van der Waals surface area contributed by atoms with Gasteiger partial charge in [0.15, 0.2) is 0 Å². The van der Waals surface area contributed by atoms with Crippen LogP contribution in [0.25, 0.3) is 0 Å². The van der Waals surface area contributed by atoms with Crippen molar-refractivity contribution in [1.82, 2.24) is 0 Å². The molecule has 0 aliphatic rings. The number of carbonyl (C=O) groups excluding carboxylic acids is 1. The van der Waals surface area contributed by atoms with Gasteiger partial charge in [-0.2, -0.15) is 0 Å². The SMILES string of the molecule is NC(=O)Nc1ccc(NS(=O)(=O)Cc2ccc(Br)cc2)cc1. The van der Waals surface area contributed by atoms with E-state index in [0.29, 0.717) is 16.9 Å². The van der Waals surface area contributed by atoms with Crippen molar-refractivity contribution in [1.29, 1.82) is 0 Å². The number of sulfonamides is 1. The number of benzene rings is 2. The second-order valence-corrected chi connectivity index (χ2v) is 7.19. The zero-order chi connectivity index (χ0) is 16.2. The third-order valence-corrected chi connectivity index (χ3v) is 4.48. The van der Waals surface area contributed by atoms with Crippen LogP contribution < -0.4 is 15.8 Å². The monoisotopic (exact) mass is 383 g/mol. The number of urea groups is 1. The molecule has 0 aliphatic carbocycles. The van der Waals surface area contributed by atoms with Crippen molar-refractivity contribution in [3.05, 3.63) is 58.6 Å². The number of primary amides is 1. The molecule has 0 saturated carbocycles. The molecule has 0 aliphatic heterocycles. The average molecular weight is 384 g/mol. The summed E-state index contributed by atoms with van der Waals surface area (Å²) in [5.74, 6) is -0.123. The lowest BCUT2D eigenvalue weighted by atomic mass is 10.2. The van der Waals surface area contributed by atoms with Crippen molar-refractivity contribution in [2.45, 2.75) is 5.75 Å². The lowest BCUT2D eigenvalue weighted by molar-refractivity contribution is 0.259. The lowest BCUT2D eigenvalue weighted by Crippen LogP contribution is -2.19. The molecule has 22 heavy (non-hydrogen) atoms. The second kappa shape index (κ2) is 6.80. The van der Waals surface area contributed by atoms with Crippen molar-refractivity contribution in [2.75, 3.05) is 10.0 Å². The standard InChI is InChI=1S/C14H14BrN3O3S/c15-11-3-1-10(2-4-11)9-22(20,21)18-13-7-5-12(6-8-13)17-14(16)19/h1-8,18H,9H2,(H3,16,17,19). The summed E-state index contributed by atoms with van der Waals surface area (Å²) in [7, 11) is -3.51. The van der Waals surface area contributed by atoms with Gasteiger partial charge >= 0.3 is 6.03 Å². The summed E-state index contributed by atoms with van der Waals surface area (Å²) in [5.41, 5.74) is 6.58. The van der Waals surface area contributed by atoms with Crippen LogP contribution in [0.2, 0.25) is 0 Å². The van der Waals surface area contributed by atoms with E-state index in [9.17, 15) is 13.2 Å². The molecule has 0 fully saturated rings. The maximum atomic E-state index is 12.1. The van der Waals surface area contributed by atoms with Gasteiger partial charge in [-0.15, -0.1) is 0 Å². The minimum atomic E-state index is -3.51. The molecule has 2 rings (SSSR count). The molecule has 0 bridgehead atoms. The van der Waals surface area contributed by atoms with Gasteiger partial charge in [0.1, 0.15) is 0 Å². The van der Waals surface area contributed by atoms with Crippen LogP contribution in [0.15, 0.2) is 53.0 Å². The third-order valence-electron chi connectivity index (χ3n) is 2.70. The quantitative estimate of drug-likeness (QED) is 0.739. The molecule has 0 aromatic heterocycles. The molecular formula is C14H14BrN3O3S. The molecule has 2 aromatic carbocycles. The molecule has 2 aromatic rings. The molecule has 8 heteroatoms. The van der Waals surface area contributed by atoms with Gasteiger partial charge < -0.3 is 11.1 Å². The van der Waals surface area contributed by atoms with Crippen molar-refractivity contribution in [2.24, 2.45) is 5.73 Å². The highest BCUT2D eigenvalue weighted by molar-refractivity contribution is 9.10. The van der Waals surface area contributed by atoms with E-state index >= 15 is 0 Å². The Morgan fingerprint density at radius 1 is 1.00 bits per heavy atom. The van der Waals surface area contributed by atoms with Crippen molar-refractivity contribution in [3.63, 3.8) is 0 Å². The van der Waals surface area contributed by atoms with Gasteiger partial charge in [0.05, 0.1) is 5.75 Å². The molecule has 0 saturated heterocycles. The van der Waals surface area contributed by atoms with E-state index in [1.54, 1.807) is 48.5 Å². The van der Waals surface area contributed by atoms with E-state index in [2.05, 4.69) is 26.0 Å². The van der Waals surface area contributed by atoms with Crippen molar-refractivity contribution < 1.29 is 13.2 Å². The minimum absolute atomic E-state index is 0.123. The topological polar surface area (TPSA) is 101 Å². The van der Waals surface area contributed by atoms with Crippen LogP contribution in [-0.4, -0.2) is 14.4 Å². The summed E-state index contributed by atoms with van der Waals surface area (Å²) in [5, 5.41) is 2.40. The van der Waals surface area contributed by atoms with Crippen LogP contribution in [0.1, 0.15) is 5.56 Å². The first-order valence-electron chi connectivity index (χ1n) is 6.25. The summed E-state index contributed by atoms with van der Waals surface area (Å²) in [6.07, 6.45) is 0. The summed E-state index contributed by atoms with van der Waals surface area (Å²) in [4.78, 5) is 10.7. The van der Waals surface area contributed by atoms with Crippen LogP contribution in [-0.2, 0) is 15.8 Å². The fourth-order valence-electron chi connectivity index (χ4n) is 1.78. The van der Waals surface area contributed by atoms with Gasteiger partial charge in [0, 0.05) is 15.8 Å². The molecule has 6 nitrogen and oxygen atoms in total. The Labute approximate surface area is 136 Å². The number of nitrogens with two attached hydrogens (primary N) is 1. The van der Waals surface area contributed by atoms with E-state index in [1.165, 1.54) is 0 Å². The maximum absolute atomic E-state index is 12.1. The molecular weight excluding hydrogens is 370 g/mol. The summed E-state index contributed by atoms with van der Waals surface area (Å²) in [6.45, 7) is 0. The average Bonchev–Trinajstić information content (AvgIpc) is 2.42. The smallest absolute Gasteiger partial charge is 0.316 e. The van der Waals surface area contributed by atoms with Crippen molar-refractivity contribution in [3.8, 4) is 0 Å². The molecule has 4 N–H and O–H groups in total. The van der Waals surface area contributed by atoms with E-state index in [0.717, 1.165) is 4.47 Å². The molecule has 0 heterocycles. The first-order valence-corrected chi connectivity index (χ1v) is 8.70. The Kier molecular flexibility index (Phi) is 5.04. The highest BCUT2D eigenvalue weighted by Gasteiger charge is 2.11. The number of amides is 2. The predicted molar refractivity (Wildman–Crippen MR) is 90.0 cm³/mol. The fraction of sp³-hybridized carbons (Fsp3) is 0.0714. The van der Waals surface area contributed by atoms with E-state index < -0.39 is 16.1 Å². The van der Waals surface area contributed by atoms with Crippen LogP contribution in [0.5, 0.6) is 0 Å². The Bertz CT molecular complexity index is 759. The predicted octanol–water partition coefficient (Wildman–Crippen LogP) is 2.88. The van der Waals surface area contributed by atoms with Gasteiger partial charge in [-0.1, -0.05) is 28.1 Å². The van der Waals surface area contributed by atoms with Gasteiger partial charge in [-0.25, -0.2) is 13.2 Å². The number of halogens is 1. The van der Waals surface area contributed by atoms with Crippen molar-refractivity contribution >= 4 is 43.4 Å². The van der Waals surface area contributed by atoms with Crippen LogP contribution >= 0.6 is 15.9 Å². The van der Waals surface area contributed by atoms with E-state index in [4.69, 9.17) is 5.73 Å². The molecule has 2 amide bonds. The number of hydrogen-bond donors (Lipinski definition) is 3. The van der Waals surface area contributed by atoms with Gasteiger partial charge in [0.25, 0.3) is 0 Å². The number of nitrogens with one attached hydrogen (secondary N) is 2. The van der Waals surface area contributed by atoms with Crippen LogP contribution in [0.3, 0.4) is 0 Å². The van der Waals surface area contributed by atoms with E-state index in [-0.39, 0.29) is 5.75 Å². The van der Waals surface area contributed by atoms with Gasteiger partial charge in [-0.05, 0) is 42.0 Å². The Balaban J connectivity index is 2.05. The highest BCUT2D eigenvalue weighted by atomic mass is 79.9. The van der Waals surface area contributed by atoms with Crippen LogP contribution in [0, 0.1) is 0 Å². The third kappa shape index (κ3) is 5.05. The van der Waals surface area contributed by atoms with Gasteiger partial charge in [0.2, 0.25) is 10.0 Å². The molecule has 0 atom stereocenters. The summed E-state index contributed by atoms with van der Waals surface area (Å²) in [6, 6.07) is 12.6. The molecule has 0 spiro atoms. The Morgan fingerprint density at radius 2 is 1.55 bits per heavy atom. The number of anilines is 2.